The second-order valence-electron chi connectivity index (χ2n) is 7.63. The van der Waals surface area contributed by atoms with E-state index in [0.717, 1.165) is 30.2 Å². The van der Waals surface area contributed by atoms with Crippen LogP contribution in [0.25, 0.3) is 0 Å². The van der Waals surface area contributed by atoms with Crippen LogP contribution in [0.5, 0.6) is 0 Å². The number of carbonyl (C=O) groups is 2. The van der Waals surface area contributed by atoms with Gasteiger partial charge in [-0.2, -0.15) is 0 Å². The van der Waals surface area contributed by atoms with Crippen LogP contribution in [0.2, 0.25) is 5.02 Å². The number of fused-ring (bicyclic) bond motifs is 1. The number of nitrogens with one attached hydrogen (secondary N) is 2. The molecule has 1 heterocycles. The van der Waals surface area contributed by atoms with Gasteiger partial charge in [0.1, 0.15) is 5.82 Å². The molecule has 10 heteroatoms. The summed E-state index contributed by atoms with van der Waals surface area (Å²) >= 11 is 5.67. The normalized spacial score (nSPS) is 15.6. The van der Waals surface area contributed by atoms with E-state index in [0.29, 0.717) is 18.7 Å². The smallest absolute Gasteiger partial charge is 0.240 e. The maximum atomic E-state index is 13.2. The number of sulfonamides is 1. The fourth-order valence-corrected chi connectivity index (χ4v) is 4.77. The minimum atomic E-state index is -3.81. The van der Waals surface area contributed by atoms with Gasteiger partial charge in [-0.25, -0.2) is 17.5 Å². The van der Waals surface area contributed by atoms with Gasteiger partial charge in [-0.1, -0.05) is 11.6 Å². The third-order valence-corrected chi connectivity index (χ3v) is 7.05. The largest absolute Gasteiger partial charge is 0.326 e. The maximum Gasteiger partial charge on any atom is 0.240 e. The summed E-state index contributed by atoms with van der Waals surface area (Å²) in [6.07, 6.45) is 2.34. The van der Waals surface area contributed by atoms with Crippen molar-refractivity contribution in [1.29, 1.82) is 0 Å². The second-order valence-corrected chi connectivity index (χ2v) is 9.80. The molecule has 0 spiro atoms. The van der Waals surface area contributed by atoms with Crippen molar-refractivity contribution in [3.63, 3.8) is 0 Å². The lowest BCUT2D eigenvalue weighted by atomic mass is 10.2. The van der Waals surface area contributed by atoms with E-state index in [2.05, 4.69) is 10.0 Å². The summed E-state index contributed by atoms with van der Waals surface area (Å²) in [5, 5.41) is 2.42. The van der Waals surface area contributed by atoms with Crippen LogP contribution in [0.3, 0.4) is 0 Å². The summed E-state index contributed by atoms with van der Waals surface area (Å²) < 4.78 is 40.8. The van der Waals surface area contributed by atoms with Crippen LogP contribution in [0, 0.1) is 11.7 Å². The Balaban J connectivity index is 1.34. The van der Waals surface area contributed by atoms with E-state index >= 15 is 0 Å². The molecular weight excluding hydrogens is 445 g/mol. The lowest BCUT2D eigenvalue weighted by molar-refractivity contribution is -0.119. The topological polar surface area (TPSA) is 95.6 Å². The summed E-state index contributed by atoms with van der Waals surface area (Å²) in [6.45, 7) is 0.460. The van der Waals surface area contributed by atoms with Gasteiger partial charge >= 0.3 is 0 Å². The zero-order valence-corrected chi connectivity index (χ0v) is 18.1. The summed E-state index contributed by atoms with van der Waals surface area (Å²) in [6, 6.07) is 8.50. The molecule has 2 N–H and O–H groups in total. The molecule has 0 aromatic heterocycles. The Labute approximate surface area is 184 Å². The zero-order valence-electron chi connectivity index (χ0n) is 16.5. The Morgan fingerprint density at radius 1 is 1.16 bits per heavy atom. The highest BCUT2D eigenvalue weighted by atomic mass is 35.5. The van der Waals surface area contributed by atoms with E-state index in [1.54, 1.807) is 17.0 Å². The fourth-order valence-electron chi connectivity index (χ4n) is 3.50. The van der Waals surface area contributed by atoms with Crippen LogP contribution in [0.1, 0.15) is 24.8 Å². The molecule has 0 atom stereocenters. The lowest BCUT2D eigenvalue weighted by Gasteiger charge is -2.17. The molecule has 164 valence electrons. The first kappa shape index (κ1) is 21.7. The molecule has 2 aliphatic rings. The number of hydrogen-bond acceptors (Lipinski definition) is 4. The molecule has 1 fully saturated rings. The van der Waals surface area contributed by atoms with E-state index in [1.807, 2.05) is 0 Å². The lowest BCUT2D eigenvalue weighted by Crippen LogP contribution is -2.30. The van der Waals surface area contributed by atoms with Crippen molar-refractivity contribution in [2.45, 2.75) is 30.6 Å². The van der Waals surface area contributed by atoms with E-state index < -0.39 is 21.7 Å². The summed E-state index contributed by atoms with van der Waals surface area (Å²) in [5.74, 6) is -0.815. The van der Waals surface area contributed by atoms with Crippen molar-refractivity contribution in [3.8, 4) is 0 Å². The Bertz CT molecular complexity index is 1150. The number of halogens is 2. The van der Waals surface area contributed by atoms with Crippen LogP contribution in [-0.2, 0) is 26.0 Å². The maximum absolute atomic E-state index is 13.2. The van der Waals surface area contributed by atoms with Crippen LogP contribution >= 0.6 is 11.6 Å². The molecule has 1 saturated carbocycles. The van der Waals surface area contributed by atoms with E-state index in [1.165, 1.54) is 18.2 Å². The number of nitrogens with zero attached hydrogens (tertiary/aromatic N) is 1. The van der Waals surface area contributed by atoms with Crippen molar-refractivity contribution >= 4 is 44.8 Å². The van der Waals surface area contributed by atoms with Gasteiger partial charge in [0.25, 0.3) is 0 Å². The molecule has 2 amide bonds. The van der Waals surface area contributed by atoms with E-state index in [4.69, 9.17) is 11.6 Å². The summed E-state index contributed by atoms with van der Waals surface area (Å²) in [5.41, 5.74) is 1.92. The molecule has 7 nitrogen and oxygen atoms in total. The highest BCUT2D eigenvalue weighted by Crippen LogP contribution is 2.37. The summed E-state index contributed by atoms with van der Waals surface area (Å²) in [4.78, 5) is 26.2. The first-order valence-electron chi connectivity index (χ1n) is 9.93. The van der Waals surface area contributed by atoms with Gasteiger partial charge in [-0.05, 0) is 61.2 Å². The van der Waals surface area contributed by atoms with Crippen LogP contribution in [-0.4, -0.2) is 33.3 Å². The van der Waals surface area contributed by atoms with Gasteiger partial charge in [0, 0.05) is 36.8 Å². The van der Waals surface area contributed by atoms with Gasteiger partial charge in [0.05, 0.1) is 9.92 Å². The van der Waals surface area contributed by atoms with Gasteiger partial charge in [-0.15, -0.1) is 0 Å². The van der Waals surface area contributed by atoms with E-state index in [-0.39, 0.29) is 34.7 Å². The Morgan fingerprint density at radius 3 is 2.65 bits per heavy atom. The van der Waals surface area contributed by atoms with Gasteiger partial charge in [0.2, 0.25) is 21.8 Å². The monoisotopic (exact) mass is 465 g/mol. The van der Waals surface area contributed by atoms with Crippen molar-refractivity contribution in [1.82, 2.24) is 4.72 Å². The average Bonchev–Trinajstić information content (AvgIpc) is 3.49. The van der Waals surface area contributed by atoms with Gasteiger partial charge < -0.3 is 10.2 Å². The van der Waals surface area contributed by atoms with Crippen molar-refractivity contribution in [2.75, 3.05) is 23.3 Å². The standard InChI is InChI=1S/C21H21ClFN3O4S/c22-17-12-15(3-5-18(17)23)25-20(27)7-9-24-31(29,30)16-4-6-19-14(11-16)8-10-26(19)21(28)13-1-2-13/h3-6,11-13,24H,1-2,7-10H2,(H,25,27). The molecule has 0 saturated heterocycles. The van der Waals surface area contributed by atoms with Crippen LogP contribution in [0.4, 0.5) is 15.8 Å². The van der Waals surface area contributed by atoms with Crippen LogP contribution in [0.15, 0.2) is 41.3 Å². The highest BCUT2D eigenvalue weighted by Gasteiger charge is 2.36. The van der Waals surface area contributed by atoms with Crippen LogP contribution < -0.4 is 14.9 Å². The second kappa shape index (κ2) is 8.57. The Kier molecular flexibility index (Phi) is 6.00. The molecule has 0 bridgehead atoms. The number of benzene rings is 2. The quantitative estimate of drug-likeness (QED) is 0.656. The van der Waals surface area contributed by atoms with Gasteiger partial charge in [0.15, 0.2) is 0 Å². The van der Waals surface area contributed by atoms with E-state index in [9.17, 15) is 22.4 Å². The average molecular weight is 466 g/mol. The van der Waals surface area contributed by atoms with Gasteiger partial charge in [-0.3, -0.25) is 9.59 Å². The number of carbonyl (C=O) groups excluding carboxylic acids is 2. The predicted octanol–water partition coefficient (Wildman–Crippen LogP) is 3.09. The molecule has 31 heavy (non-hydrogen) atoms. The third kappa shape index (κ3) is 4.89. The summed E-state index contributed by atoms with van der Waals surface area (Å²) in [7, 11) is -3.81. The number of amides is 2. The fraction of sp³-hybridized carbons (Fsp3) is 0.333. The Morgan fingerprint density at radius 2 is 1.94 bits per heavy atom. The van der Waals surface area contributed by atoms with Crippen molar-refractivity contribution < 1.29 is 22.4 Å². The molecule has 2 aromatic rings. The molecule has 4 rings (SSSR count). The van der Waals surface area contributed by atoms with Crippen molar-refractivity contribution in [2.24, 2.45) is 5.92 Å². The Hall–Kier alpha value is -2.49. The molecule has 2 aromatic carbocycles. The zero-order chi connectivity index (χ0) is 22.2. The molecule has 0 unspecified atom stereocenters. The molecule has 1 aliphatic heterocycles. The predicted molar refractivity (Wildman–Crippen MR) is 115 cm³/mol. The number of rotatable bonds is 7. The SMILES string of the molecule is O=C(CCNS(=O)(=O)c1ccc2c(c1)CCN2C(=O)C1CC1)Nc1ccc(F)c(Cl)c1. The first-order valence-corrected chi connectivity index (χ1v) is 11.8. The minimum Gasteiger partial charge on any atom is -0.326 e. The molecule has 0 radical (unpaired) electrons. The number of anilines is 2. The minimum absolute atomic E-state index is 0.0951. The highest BCUT2D eigenvalue weighted by molar-refractivity contribution is 7.89. The molecular formula is C21H21ClFN3O4S. The number of hydrogen-bond donors (Lipinski definition) is 2. The first-order chi connectivity index (χ1) is 14.7. The van der Waals surface area contributed by atoms with Crippen molar-refractivity contribution in [3.05, 3.63) is 52.8 Å². The molecule has 1 aliphatic carbocycles. The third-order valence-electron chi connectivity index (χ3n) is 5.30.